The first-order valence-corrected chi connectivity index (χ1v) is 11.3. The highest BCUT2D eigenvalue weighted by molar-refractivity contribution is 6.82. The fourth-order valence-corrected chi connectivity index (χ4v) is 3.35. The number of esters is 1. The molecule has 0 aliphatic carbocycles. The van der Waals surface area contributed by atoms with Gasteiger partial charge in [-0.15, -0.1) is 5.92 Å². The highest BCUT2D eigenvalue weighted by Crippen LogP contribution is 2.39. The molecular formula is C18H33NO4Si. The highest BCUT2D eigenvalue weighted by atomic mass is 28.3. The van der Waals surface area contributed by atoms with Gasteiger partial charge in [0.2, 0.25) is 0 Å². The second-order valence-corrected chi connectivity index (χ2v) is 14.0. The predicted octanol–water partition coefficient (Wildman–Crippen LogP) is 3.88. The van der Waals surface area contributed by atoms with Crippen LogP contribution >= 0.6 is 0 Å². The molecule has 0 spiro atoms. The summed E-state index contributed by atoms with van der Waals surface area (Å²) in [5, 5.41) is 2.52. The van der Waals surface area contributed by atoms with Gasteiger partial charge in [0.1, 0.15) is 25.4 Å². The molecular weight excluding hydrogens is 322 g/mol. The van der Waals surface area contributed by atoms with E-state index in [9.17, 15) is 9.59 Å². The van der Waals surface area contributed by atoms with Crippen LogP contribution < -0.4 is 5.32 Å². The molecule has 0 saturated heterocycles. The number of nitrogens with one attached hydrogen (secondary N) is 1. The number of rotatable bonds is 4. The van der Waals surface area contributed by atoms with Crippen molar-refractivity contribution in [3.8, 4) is 11.8 Å². The maximum Gasteiger partial charge on any atom is 0.408 e. The SMILES string of the molecule is CC#C[C@@H](OC(=O)C(C)NC(=O)OC(C)(C)C)[Si](C)(C)C(C)(C)C. The van der Waals surface area contributed by atoms with Crippen LogP contribution in [0.4, 0.5) is 4.79 Å². The number of hydrogen-bond acceptors (Lipinski definition) is 4. The lowest BCUT2D eigenvalue weighted by Gasteiger charge is -2.40. The number of carbonyl (C=O) groups is 2. The number of alkyl carbamates (subject to hydrolysis) is 1. The number of carbonyl (C=O) groups excluding carboxylic acids is 2. The Hall–Kier alpha value is -1.48. The van der Waals surface area contributed by atoms with Crippen LogP contribution in [-0.4, -0.2) is 37.5 Å². The van der Waals surface area contributed by atoms with Crippen LogP contribution in [0.1, 0.15) is 55.4 Å². The summed E-state index contributed by atoms with van der Waals surface area (Å²) in [7, 11) is -2.00. The van der Waals surface area contributed by atoms with E-state index in [4.69, 9.17) is 9.47 Å². The highest BCUT2D eigenvalue weighted by Gasteiger charge is 2.44. The molecule has 1 amide bonds. The van der Waals surface area contributed by atoms with Crippen molar-refractivity contribution in [2.24, 2.45) is 0 Å². The quantitative estimate of drug-likeness (QED) is 0.472. The number of amides is 1. The van der Waals surface area contributed by atoms with Crippen molar-refractivity contribution in [1.82, 2.24) is 5.32 Å². The second-order valence-electron chi connectivity index (χ2n) is 8.55. The van der Waals surface area contributed by atoms with E-state index in [2.05, 4.69) is 51.0 Å². The van der Waals surface area contributed by atoms with Gasteiger partial charge in [0.05, 0.1) is 0 Å². The van der Waals surface area contributed by atoms with E-state index in [1.165, 1.54) is 0 Å². The normalized spacial score (nSPS) is 14.8. The monoisotopic (exact) mass is 355 g/mol. The third-order valence-electron chi connectivity index (χ3n) is 4.18. The van der Waals surface area contributed by atoms with E-state index in [0.29, 0.717) is 0 Å². The zero-order chi connectivity index (χ0) is 19.3. The van der Waals surface area contributed by atoms with E-state index in [-0.39, 0.29) is 5.04 Å². The maximum atomic E-state index is 12.4. The third-order valence-corrected chi connectivity index (χ3v) is 9.62. The Morgan fingerprint density at radius 2 is 1.58 bits per heavy atom. The lowest BCUT2D eigenvalue weighted by atomic mass is 10.2. The van der Waals surface area contributed by atoms with Gasteiger partial charge in [-0.25, -0.2) is 9.59 Å². The maximum absolute atomic E-state index is 12.4. The molecule has 0 aromatic heterocycles. The predicted molar refractivity (Wildman–Crippen MR) is 99.4 cm³/mol. The Morgan fingerprint density at radius 3 is 1.96 bits per heavy atom. The van der Waals surface area contributed by atoms with Gasteiger partial charge in [-0.2, -0.15) is 0 Å². The molecule has 5 nitrogen and oxygen atoms in total. The largest absolute Gasteiger partial charge is 0.452 e. The molecule has 138 valence electrons. The molecule has 6 heteroatoms. The van der Waals surface area contributed by atoms with E-state index in [1.54, 1.807) is 34.6 Å². The average Bonchev–Trinajstić information content (AvgIpc) is 2.33. The number of hydrogen-bond donors (Lipinski definition) is 1. The minimum absolute atomic E-state index is 0.0175. The smallest absolute Gasteiger partial charge is 0.408 e. The summed E-state index contributed by atoms with van der Waals surface area (Å²) in [5.74, 6) is 5.39. The summed E-state index contributed by atoms with van der Waals surface area (Å²) < 4.78 is 10.8. The van der Waals surface area contributed by atoms with Crippen LogP contribution in [-0.2, 0) is 14.3 Å². The van der Waals surface area contributed by atoms with Crippen LogP contribution in [0.15, 0.2) is 0 Å². The fourth-order valence-electron chi connectivity index (χ4n) is 1.64. The van der Waals surface area contributed by atoms with Crippen molar-refractivity contribution < 1.29 is 19.1 Å². The molecule has 24 heavy (non-hydrogen) atoms. The summed E-state index contributed by atoms with van der Waals surface area (Å²) >= 11 is 0. The van der Waals surface area contributed by atoms with Crippen molar-refractivity contribution in [1.29, 1.82) is 0 Å². The molecule has 0 aliphatic rings. The molecule has 0 bridgehead atoms. The molecule has 0 heterocycles. The molecule has 0 rings (SSSR count). The van der Waals surface area contributed by atoms with Crippen molar-refractivity contribution in [3.63, 3.8) is 0 Å². The van der Waals surface area contributed by atoms with Crippen molar-refractivity contribution in [3.05, 3.63) is 0 Å². The third kappa shape index (κ3) is 6.96. The van der Waals surface area contributed by atoms with Gasteiger partial charge < -0.3 is 14.8 Å². The molecule has 0 saturated carbocycles. The van der Waals surface area contributed by atoms with E-state index in [1.807, 2.05) is 0 Å². The zero-order valence-electron chi connectivity index (χ0n) is 16.8. The molecule has 0 radical (unpaired) electrons. The van der Waals surface area contributed by atoms with Gasteiger partial charge in [-0.3, -0.25) is 0 Å². The molecule has 0 aromatic carbocycles. The van der Waals surface area contributed by atoms with Gasteiger partial charge in [0, 0.05) is 0 Å². The van der Waals surface area contributed by atoms with Crippen LogP contribution in [0.3, 0.4) is 0 Å². The lowest BCUT2D eigenvalue weighted by Crippen LogP contribution is -2.52. The van der Waals surface area contributed by atoms with E-state index >= 15 is 0 Å². The summed E-state index contributed by atoms with van der Waals surface area (Å²) in [6, 6.07) is -0.800. The fraction of sp³-hybridized carbons (Fsp3) is 0.778. The Kier molecular flexibility index (Phi) is 7.56. The van der Waals surface area contributed by atoms with Crippen molar-refractivity contribution in [2.75, 3.05) is 0 Å². The van der Waals surface area contributed by atoms with Crippen LogP contribution in [0.5, 0.6) is 0 Å². The van der Waals surface area contributed by atoms with Gasteiger partial charge in [-0.05, 0) is 39.7 Å². The minimum atomic E-state index is -2.00. The first kappa shape index (κ1) is 22.5. The zero-order valence-corrected chi connectivity index (χ0v) is 17.8. The first-order valence-electron chi connectivity index (χ1n) is 8.24. The second kappa shape index (κ2) is 8.06. The first-order chi connectivity index (χ1) is 10.6. The van der Waals surface area contributed by atoms with Gasteiger partial charge in [0.25, 0.3) is 0 Å². The van der Waals surface area contributed by atoms with E-state index in [0.717, 1.165) is 0 Å². The average molecular weight is 356 g/mol. The summed E-state index contributed by atoms with van der Waals surface area (Å²) in [6.45, 7) is 19.3. The Balaban J connectivity index is 5.03. The minimum Gasteiger partial charge on any atom is -0.452 e. The van der Waals surface area contributed by atoms with Gasteiger partial charge in [0.15, 0.2) is 0 Å². The molecule has 0 aliphatic heterocycles. The topological polar surface area (TPSA) is 64.6 Å². The Labute approximate surface area is 147 Å². The molecule has 1 N–H and O–H groups in total. The Bertz CT molecular complexity index is 518. The lowest BCUT2D eigenvalue weighted by molar-refractivity contribution is -0.146. The molecule has 1 unspecified atom stereocenters. The molecule has 0 aromatic rings. The van der Waals surface area contributed by atoms with Crippen molar-refractivity contribution in [2.45, 2.75) is 90.9 Å². The summed E-state index contributed by atoms with van der Waals surface area (Å²) in [4.78, 5) is 24.1. The molecule has 2 atom stereocenters. The van der Waals surface area contributed by atoms with Crippen LogP contribution in [0.2, 0.25) is 18.1 Å². The van der Waals surface area contributed by atoms with Crippen LogP contribution in [0.25, 0.3) is 0 Å². The van der Waals surface area contributed by atoms with Crippen molar-refractivity contribution >= 4 is 20.1 Å². The summed E-state index contributed by atoms with van der Waals surface area (Å²) in [5.41, 5.74) is -1.05. The standard InChI is InChI=1S/C18H33NO4Si/c1-11-12-14(24(9,10)18(6,7)8)22-15(20)13(2)19-16(21)23-17(3,4)5/h13-14H,1-10H3,(H,19,21)/t13?,14-/m0/s1. The van der Waals surface area contributed by atoms with Crippen LogP contribution in [0, 0.1) is 11.8 Å². The van der Waals surface area contributed by atoms with Gasteiger partial charge >= 0.3 is 12.1 Å². The van der Waals surface area contributed by atoms with Gasteiger partial charge in [-0.1, -0.05) is 39.8 Å². The van der Waals surface area contributed by atoms with E-state index < -0.39 is 37.5 Å². The Morgan fingerprint density at radius 1 is 1.08 bits per heavy atom. The molecule has 0 fully saturated rings. The number of ether oxygens (including phenoxy) is 2. The summed E-state index contributed by atoms with van der Waals surface area (Å²) in [6.07, 6.45) is -0.641.